The van der Waals surface area contributed by atoms with Crippen molar-refractivity contribution in [3.8, 4) is 22.5 Å². The molecule has 1 fully saturated rings. The number of sulfonamides is 1. The molecular weight excluding hydrogens is 512 g/mol. The Morgan fingerprint density at radius 2 is 1.82 bits per heavy atom. The van der Waals surface area contributed by atoms with Crippen molar-refractivity contribution in [2.45, 2.75) is 31.1 Å². The first-order valence-corrected chi connectivity index (χ1v) is 13.6. The molecule has 2 aliphatic rings. The molecule has 9 nitrogen and oxygen atoms in total. The summed E-state index contributed by atoms with van der Waals surface area (Å²) in [5.41, 5.74) is 3.22. The quantitative estimate of drug-likeness (QED) is 0.367. The van der Waals surface area contributed by atoms with E-state index in [-0.39, 0.29) is 28.9 Å². The fraction of sp³-hybridized carbons (Fsp3) is 0.231. The van der Waals surface area contributed by atoms with Gasteiger partial charge < -0.3 is 0 Å². The van der Waals surface area contributed by atoms with Crippen molar-refractivity contribution in [3.63, 3.8) is 0 Å². The maximum absolute atomic E-state index is 14.4. The van der Waals surface area contributed by atoms with Gasteiger partial charge in [-0.2, -0.15) is 5.10 Å². The zero-order valence-electron chi connectivity index (χ0n) is 20.2. The van der Waals surface area contributed by atoms with E-state index >= 15 is 0 Å². The van der Waals surface area contributed by atoms with Crippen LogP contribution in [0.3, 0.4) is 0 Å². The molecule has 0 aliphatic heterocycles. The van der Waals surface area contributed by atoms with E-state index in [1.165, 1.54) is 37.5 Å². The van der Waals surface area contributed by atoms with Crippen molar-refractivity contribution in [1.29, 1.82) is 0 Å². The standard InChI is InChI=1S/C26H21F2N7O2S/c1-3-38(36,37)35-25-30-10-15(11-31-25)21-12-29-13-22(32-21)26-8-7-16(14(26)2)17-9-20(33-34-24(17)26)23-18(27)5-4-6-19(23)28/h4-6,9-13,16H,2-3,7-8H2,1H3,(H,30,31,35)/t16-,26+/m1/s1. The monoisotopic (exact) mass is 533 g/mol. The second kappa shape index (κ2) is 8.69. The van der Waals surface area contributed by atoms with E-state index in [4.69, 9.17) is 4.98 Å². The predicted molar refractivity (Wildman–Crippen MR) is 135 cm³/mol. The Labute approximate surface area is 217 Å². The van der Waals surface area contributed by atoms with Gasteiger partial charge in [-0.15, -0.1) is 5.10 Å². The van der Waals surface area contributed by atoms with Crippen LogP contribution in [0.15, 0.2) is 61.2 Å². The summed E-state index contributed by atoms with van der Waals surface area (Å²) in [5, 5.41) is 8.65. The Morgan fingerprint density at radius 1 is 1.08 bits per heavy atom. The third-order valence-electron chi connectivity index (χ3n) is 7.25. The number of allylic oxidation sites excluding steroid dienone is 1. The minimum Gasteiger partial charge on any atom is -0.261 e. The second-order valence-corrected chi connectivity index (χ2v) is 11.3. The van der Waals surface area contributed by atoms with Crippen molar-refractivity contribution >= 4 is 16.0 Å². The molecule has 1 N–H and O–H groups in total. The van der Waals surface area contributed by atoms with Gasteiger partial charge in [-0.25, -0.2) is 32.2 Å². The number of hydrogen-bond donors (Lipinski definition) is 1. The molecule has 0 saturated heterocycles. The van der Waals surface area contributed by atoms with Gasteiger partial charge in [0.05, 0.1) is 45.7 Å². The van der Waals surface area contributed by atoms with Gasteiger partial charge in [0.2, 0.25) is 16.0 Å². The summed E-state index contributed by atoms with van der Waals surface area (Å²) in [6, 6.07) is 5.38. The fourth-order valence-electron chi connectivity index (χ4n) is 5.32. The summed E-state index contributed by atoms with van der Waals surface area (Å²) in [6.07, 6.45) is 7.63. The lowest BCUT2D eigenvalue weighted by Gasteiger charge is -2.27. The van der Waals surface area contributed by atoms with Crippen LogP contribution in [0, 0.1) is 11.6 Å². The molecule has 192 valence electrons. The van der Waals surface area contributed by atoms with Gasteiger partial charge in [0.15, 0.2) is 0 Å². The summed E-state index contributed by atoms with van der Waals surface area (Å²) in [4.78, 5) is 17.4. The molecule has 3 heterocycles. The Hall–Kier alpha value is -4.19. The van der Waals surface area contributed by atoms with E-state index < -0.39 is 27.1 Å². The maximum atomic E-state index is 14.4. The van der Waals surface area contributed by atoms with E-state index in [1.807, 2.05) is 0 Å². The molecule has 0 spiro atoms. The number of halogens is 2. The summed E-state index contributed by atoms with van der Waals surface area (Å²) in [7, 11) is -3.50. The Bertz CT molecular complexity index is 1690. The lowest BCUT2D eigenvalue weighted by atomic mass is 9.78. The van der Waals surface area contributed by atoms with Crippen LogP contribution in [-0.4, -0.2) is 44.3 Å². The molecule has 0 unspecified atom stereocenters. The normalized spacial score (nSPS) is 20.0. The van der Waals surface area contributed by atoms with Gasteiger partial charge >= 0.3 is 0 Å². The number of aromatic nitrogens is 6. The number of fused-ring (bicyclic) bond motifs is 5. The summed E-state index contributed by atoms with van der Waals surface area (Å²) >= 11 is 0. The SMILES string of the molecule is C=C1[C@H]2CC[C@]1(c1cncc(-c3cnc(NS(=O)(=O)CC)nc3)n1)c1nnc(-c3c(F)cccc3F)cc12. The van der Waals surface area contributed by atoms with Crippen molar-refractivity contribution in [2.75, 3.05) is 10.5 Å². The van der Waals surface area contributed by atoms with Crippen LogP contribution in [0.25, 0.3) is 22.5 Å². The molecule has 6 rings (SSSR count). The third kappa shape index (κ3) is 3.66. The number of nitrogens with one attached hydrogen (secondary N) is 1. The van der Waals surface area contributed by atoms with Crippen LogP contribution < -0.4 is 4.72 Å². The number of rotatable bonds is 6. The Balaban J connectivity index is 1.39. The van der Waals surface area contributed by atoms with Crippen LogP contribution in [0.5, 0.6) is 0 Å². The first kappa shape index (κ1) is 24.2. The molecule has 2 bridgehead atoms. The second-order valence-electron chi connectivity index (χ2n) is 9.24. The minimum absolute atomic E-state index is 0.0348. The highest BCUT2D eigenvalue weighted by atomic mass is 32.2. The van der Waals surface area contributed by atoms with Crippen molar-refractivity contribution in [3.05, 3.63) is 89.8 Å². The average Bonchev–Trinajstić information content (AvgIpc) is 3.37. The van der Waals surface area contributed by atoms with Gasteiger partial charge in [-0.05, 0) is 43.5 Å². The van der Waals surface area contributed by atoms with Crippen LogP contribution >= 0.6 is 0 Å². The maximum Gasteiger partial charge on any atom is 0.236 e. The third-order valence-corrected chi connectivity index (χ3v) is 8.50. The van der Waals surface area contributed by atoms with Crippen LogP contribution in [0.1, 0.15) is 42.6 Å². The lowest BCUT2D eigenvalue weighted by molar-refractivity contribution is 0.553. The van der Waals surface area contributed by atoms with E-state index in [2.05, 4.69) is 36.5 Å². The van der Waals surface area contributed by atoms with Gasteiger partial charge in [0.25, 0.3) is 0 Å². The van der Waals surface area contributed by atoms with E-state index in [0.29, 0.717) is 29.1 Å². The topological polar surface area (TPSA) is 124 Å². The molecule has 4 aromatic rings. The first-order valence-electron chi connectivity index (χ1n) is 11.9. The highest BCUT2D eigenvalue weighted by Gasteiger charge is 2.56. The van der Waals surface area contributed by atoms with Gasteiger partial charge in [-0.1, -0.05) is 18.2 Å². The summed E-state index contributed by atoms with van der Waals surface area (Å²) in [5.74, 6) is -1.59. The molecule has 1 saturated carbocycles. The zero-order chi connectivity index (χ0) is 26.7. The number of hydrogen-bond acceptors (Lipinski definition) is 8. The summed E-state index contributed by atoms with van der Waals surface area (Å²) < 4.78 is 54.7. The van der Waals surface area contributed by atoms with Crippen LogP contribution in [0.4, 0.5) is 14.7 Å². The van der Waals surface area contributed by atoms with Crippen LogP contribution in [-0.2, 0) is 15.4 Å². The number of anilines is 1. The van der Waals surface area contributed by atoms with E-state index in [1.54, 1.807) is 18.5 Å². The highest BCUT2D eigenvalue weighted by Crippen LogP contribution is 2.62. The van der Waals surface area contributed by atoms with Crippen molar-refractivity contribution < 1.29 is 17.2 Å². The minimum atomic E-state index is -3.50. The Kier molecular flexibility index (Phi) is 5.53. The van der Waals surface area contributed by atoms with Gasteiger partial charge in [0, 0.05) is 30.1 Å². The average molecular weight is 534 g/mol. The molecular formula is C26H21F2N7O2S. The molecule has 12 heteroatoms. The van der Waals surface area contributed by atoms with Gasteiger partial charge in [-0.3, -0.25) is 9.71 Å². The largest absolute Gasteiger partial charge is 0.261 e. The molecule has 3 aromatic heterocycles. The van der Waals surface area contributed by atoms with Gasteiger partial charge in [0.1, 0.15) is 11.6 Å². The van der Waals surface area contributed by atoms with E-state index in [0.717, 1.165) is 17.6 Å². The highest BCUT2D eigenvalue weighted by molar-refractivity contribution is 7.92. The lowest BCUT2D eigenvalue weighted by Crippen LogP contribution is -2.27. The molecule has 0 radical (unpaired) electrons. The van der Waals surface area contributed by atoms with Crippen molar-refractivity contribution in [1.82, 2.24) is 30.1 Å². The zero-order valence-corrected chi connectivity index (χ0v) is 21.0. The molecule has 2 aliphatic carbocycles. The number of nitrogens with zero attached hydrogens (tertiary/aromatic N) is 6. The van der Waals surface area contributed by atoms with Crippen LogP contribution in [0.2, 0.25) is 0 Å². The molecule has 2 atom stereocenters. The molecule has 38 heavy (non-hydrogen) atoms. The first-order chi connectivity index (χ1) is 18.2. The van der Waals surface area contributed by atoms with Crippen molar-refractivity contribution in [2.24, 2.45) is 0 Å². The smallest absolute Gasteiger partial charge is 0.236 e. The number of benzene rings is 1. The molecule has 1 aromatic carbocycles. The predicted octanol–water partition coefficient (Wildman–Crippen LogP) is 4.16. The molecule has 0 amide bonds. The summed E-state index contributed by atoms with van der Waals surface area (Å²) in [6.45, 7) is 5.88. The van der Waals surface area contributed by atoms with E-state index in [9.17, 15) is 17.2 Å². The fourth-order valence-corrected chi connectivity index (χ4v) is 5.85. The Morgan fingerprint density at radius 3 is 2.53 bits per heavy atom.